The Kier molecular flexibility index (Phi) is 7.31. The molecule has 0 fully saturated rings. The van der Waals surface area contributed by atoms with Gasteiger partial charge in [0.05, 0.1) is 31.5 Å². The molecule has 58 heavy (non-hydrogen) atoms. The van der Waals surface area contributed by atoms with E-state index in [1.54, 1.807) is 22.7 Å². The van der Waals surface area contributed by atoms with Gasteiger partial charge in [-0.2, -0.15) is 0 Å². The van der Waals surface area contributed by atoms with E-state index in [2.05, 4.69) is 194 Å². The first-order valence-corrected chi connectivity index (χ1v) is 21.4. The molecule has 3 nitrogen and oxygen atoms in total. The maximum absolute atomic E-state index is 5.07. The molecule has 11 aromatic rings. The number of hydrogen-bond acceptors (Lipinski definition) is 4. The van der Waals surface area contributed by atoms with Gasteiger partial charge < -0.3 is 4.57 Å². The van der Waals surface area contributed by atoms with Crippen LogP contribution in [0.25, 0.3) is 102 Å². The minimum atomic E-state index is -0.167. The summed E-state index contributed by atoms with van der Waals surface area (Å²) >= 11 is 3.48. The molecule has 3 heterocycles. The van der Waals surface area contributed by atoms with Gasteiger partial charge in [0.2, 0.25) is 0 Å². The third-order valence-electron chi connectivity index (χ3n) is 12.0. The lowest BCUT2D eigenvalue weighted by atomic mass is 9.81. The highest BCUT2D eigenvalue weighted by Crippen LogP contribution is 2.52. The fraction of sp³-hybridized carbons (Fsp3) is 0.0566. The molecule has 0 radical (unpaired) electrons. The molecule has 274 valence electrons. The predicted molar refractivity (Wildman–Crippen MR) is 246 cm³/mol. The highest BCUT2D eigenvalue weighted by Gasteiger charge is 2.36. The van der Waals surface area contributed by atoms with E-state index in [1.807, 2.05) is 0 Å². The van der Waals surface area contributed by atoms with Gasteiger partial charge in [0.25, 0.3) is 0 Å². The molecule has 12 rings (SSSR count). The van der Waals surface area contributed by atoms with E-state index in [-0.39, 0.29) is 5.41 Å². The predicted octanol–water partition coefficient (Wildman–Crippen LogP) is 15.0. The summed E-state index contributed by atoms with van der Waals surface area (Å²) < 4.78 is 4.80. The third kappa shape index (κ3) is 5.17. The topological polar surface area (TPSA) is 30.7 Å². The number of aromatic nitrogens is 3. The van der Waals surface area contributed by atoms with Crippen LogP contribution in [0.15, 0.2) is 176 Å². The van der Waals surface area contributed by atoms with E-state index < -0.39 is 0 Å². The van der Waals surface area contributed by atoms with E-state index in [4.69, 9.17) is 9.97 Å². The van der Waals surface area contributed by atoms with Crippen molar-refractivity contribution < 1.29 is 0 Å². The van der Waals surface area contributed by atoms with E-state index in [0.29, 0.717) is 0 Å². The minimum Gasteiger partial charge on any atom is -0.309 e. The average Bonchev–Trinajstić information content (AvgIpc) is 4.04. The van der Waals surface area contributed by atoms with Gasteiger partial charge in [-0.1, -0.05) is 105 Å². The van der Waals surface area contributed by atoms with Crippen molar-refractivity contribution in [2.75, 3.05) is 0 Å². The van der Waals surface area contributed by atoms with Crippen LogP contribution in [0.5, 0.6) is 0 Å². The van der Waals surface area contributed by atoms with Crippen LogP contribution in [0.4, 0.5) is 0 Å². The summed E-state index contributed by atoms with van der Waals surface area (Å²) in [7, 11) is 0. The minimum absolute atomic E-state index is 0.167. The fourth-order valence-electron chi connectivity index (χ4n) is 9.14. The zero-order valence-corrected chi connectivity index (χ0v) is 33.5. The smallest absolute Gasteiger partial charge is 0.124 e. The first kappa shape index (κ1) is 33.5. The standard InChI is InChI=1S/C53H35N3S2/c1-53(2)43-29-34(23-24-39(43)41-31-48-42(30-44(41)53)40-17-6-9-20-47(40)56(48)38-15-4-3-5-16-38)32-13-12-14-33(25-32)35-26-36(51-54-45-18-7-10-21-49(45)57-51)28-37(27-35)52-55-46-19-8-11-22-50(46)58-52/h3-31H,1-2H3. The fourth-order valence-corrected chi connectivity index (χ4v) is 11.0. The molecule has 8 aromatic carbocycles. The maximum Gasteiger partial charge on any atom is 0.124 e. The summed E-state index contributed by atoms with van der Waals surface area (Å²) in [4.78, 5) is 10.1. The second-order valence-electron chi connectivity index (χ2n) is 15.8. The molecule has 0 unspecified atom stereocenters. The van der Waals surface area contributed by atoms with Crippen molar-refractivity contribution in [2.24, 2.45) is 0 Å². The van der Waals surface area contributed by atoms with Gasteiger partial charge in [0, 0.05) is 33.0 Å². The molecule has 1 aliphatic carbocycles. The molecular formula is C53H35N3S2. The molecule has 0 saturated heterocycles. The summed E-state index contributed by atoms with van der Waals surface area (Å²) in [6, 6.07) is 64.2. The Balaban J connectivity index is 0.977. The molecule has 0 bridgehead atoms. The quantitative estimate of drug-likeness (QED) is 0.174. The van der Waals surface area contributed by atoms with Crippen molar-refractivity contribution in [1.82, 2.24) is 14.5 Å². The summed E-state index contributed by atoms with van der Waals surface area (Å²) in [6.45, 7) is 4.77. The lowest BCUT2D eigenvalue weighted by Gasteiger charge is -2.22. The second kappa shape index (κ2) is 12.7. The molecule has 0 amide bonds. The molecule has 0 aliphatic heterocycles. The van der Waals surface area contributed by atoms with E-state index in [0.717, 1.165) is 37.7 Å². The highest BCUT2D eigenvalue weighted by atomic mass is 32.1. The lowest BCUT2D eigenvalue weighted by molar-refractivity contribution is 0.661. The Labute approximate surface area is 344 Å². The molecule has 0 spiro atoms. The monoisotopic (exact) mass is 777 g/mol. The summed E-state index contributed by atoms with van der Waals surface area (Å²) in [6.07, 6.45) is 0. The Morgan fingerprint density at radius 2 is 0.983 bits per heavy atom. The van der Waals surface area contributed by atoms with Gasteiger partial charge in [0.1, 0.15) is 10.0 Å². The normalized spacial score (nSPS) is 13.1. The molecule has 3 aromatic heterocycles. The summed E-state index contributed by atoms with van der Waals surface area (Å²) in [5.41, 5.74) is 17.9. The van der Waals surface area contributed by atoms with Crippen molar-refractivity contribution in [2.45, 2.75) is 19.3 Å². The molecule has 0 saturated carbocycles. The van der Waals surface area contributed by atoms with Crippen molar-refractivity contribution in [3.8, 4) is 60.2 Å². The van der Waals surface area contributed by atoms with Gasteiger partial charge >= 0.3 is 0 Å². The Morgan fingerprint density at radius 1 is 0.414 bits per heavy atom. The zero-order chi connectivity index (χ0) is 38.5. The van der Waals surface area contributed by atoms with Crippen LogP contribution in [-0.4, -0.2) is 14.5 Å². The number of benzene rings is 8. The molecule has 0 atom stereocenters. The van der Waals surface area contributed by atoms with Gasteiger partial charge in [-0.15, -0.1) is 22.7 Å². The molecule has 5 heteroatoms. The third-order valence-corrected chi connectivity index (χ3v) is 14.2. The Hall–Kier alpha value is -6.66. The second-order valence-corrected chi connectivity index (χ2v) is 17.9. The maximum atomic E-state index is 5.07. The van der Waals surface area contributed by atoms with Crippen molar-refractivity contribution in [3.05, 3.63) is 187 Å². The molecule has 1 aliphatic rings. The summed E-state index contributed by atoms with van der Waals surface area (Å²) in [5.74, 6) is 0. The van der Waals surface area contributed by atoms with Gasteiger partial charge in [0.15, 0.2) is 0 Å². The largest absolute Gasteiger partial charge is 0.309 e. The number of nitrogens with zero attached hydrogens (tertiary/aromatic N) is 3. The van der Waals surface area contributed by atoms with Crippen LogP contribution in [-0.2, 0) is 5.41 Å². The highest BCUT2D eigenvalue weighted by molar-refractivity contribution is 7.22. The Bertz CT molecular complexity index is 3280. The van der Waals surface area contributed by atoms with Crippen molar-refractivity contribution in [3.63, 3.8) is 0 Å². The zero-order valence-electron chi connectivity index (χ0n) is 31.9. The summed E-state index contributed by atoms with van der Waals surface area (Å²) in [5, 5.41) is 4.61. The van der Waals surface area contributed by atoms with Crippen LogP contribution in [0.1, 0.15) is 25.0 Å². The van der Waals surface area contributed by atoms with Crippen LogP contribution >= 0.6 is 22.7 Å². The first-order valence-electron chi connectivity index (χ1n) is 19.7. The first-order chi connectivity index (χ1) is 28.5. The number of hydrogen-bond donors (Lipinski definition) is 0. The van der Waals surface area contributed by atoms with Gasteiger partial charge in [-0.25, -0.2) is 9.97 Å². The lowest BCUT2D eigenvalue weighted by Crippen LogP contribution is -2.15. The van der Waals surface area contributed by atoms with E-state index >= 15 is 0 Å². The van der Waals surface area contributed by atoms with E-state index in [9.17, 15) is 0 Å². The van der Waals surface area contributed by atoms with Crippen LogP contribution in [0.2, 0.25) is 0 Å². The molecule has 0 N–H and O–H groups in total. The SMILES string of the molecule is CC1(C)c2cc(-c3cccc(-c4cc(-c5nc6ccccc6s5)cc(-c5nc6ccccc6s5)c4)c3)ccc2-c2cc3c(cc21)c1ccccc1n3-c1ccccc1. The van der Waals surface area contributed by atoms with Gasteiger partial charge in [-0.05, 0) is 129 Å². The van der Waals surface area contributed by atoms with Crippen LogP contribution < -0.4 is 0 Å². The van der Waals surface area contributed by atoms with Gasteiger partial charge in [-0.3, -0.25) is 0 Å². The van der Waals surface area contributed by atoms with Crippen LogP contribution in [0.3, 0.4) is 0 Å². The van der Waals surface area contributed by atoms with Crippen molar-refractivity contribution >= 4 is 64.9 Å². The number of para-hydroxylation sites is 4. The number of thiazole rings is 2. The Morgan fingerprint density at radius 3 is 1.69 bits per heavy atom. The van der Waals surface area contributed by atoms with Crippen LogP contribution in [0, 0.1) is 0 Å². The average molecular weight is 778 g/mol. The van der Waals surface area contributed by atoms with Crippen molar-refractivity contribution in [1.29, 1.82) is 0 Å². The molecular weight excluding hydrogens is 743 g/mol. The van der Waals surface area contributed by atoms with E-state index in [1.165, 1.54) is 75.8 Å². The number of rotatable bonds is 5. The number of fused-ring (bicyclic) bond motifs is 8.